The van der Waals surface area contributed by atoms with Gasteiger partial charge in [0.15, 0.2) is 12.2 Å². The minimum Gasteiger partial charge on any atom is -0.479 e. The highest BCUT2D eigenvalue weighted by Gasteiger charge is 2.29. The van der Waals surface area contributed by atoms with Crippen LogP contribution in [0.25, 0.3) is 0 Å². The fraction of sp³-hybridized carbons (Fsp3) is 0.600. The molecule has 0 unspecified atom stereocenters. The van der Waals surface area contributed by atoms with Crippen LogP contribution in [0.1, 0.15) is 24.8 Å². The number of benzene rings is 1. The van der Waals surface area contributed by atoms with E-state index in [0.717, 1.165) is 35.0 Å². The van der Waals surface area contributed by atoms with Gasteiger partial charge in [-0.1, -0.05) is 23.2 Å². The first-order valence-corrected chi connectivity index (χ1v) is 10.6. The van der Waals surface area contributed by atoms with E-state index in [1.807, 2.05) is 12.1 Å². The molecule has 1 saturated carbocycles. The van der Waals surface area contributed by atoms with E-state index in [1.54, 1.807) is 6.07 Å². The van der Waals surface area contributed by atoms with Crippen molar-refractivity contribution in [1.29, 1.82) is 0 Å². The summed E-state index contributed by atoms with van der Waals surface area (Å²) in [5.41, 5.74) is 1.23. The average molecular weight is 463 g/mol. The molecule has 0 radical (unpaired) electrons. The molecule has 1 aliphatic carbocycles. The number of halogens is 2. The predicted octanol–water partition coefficient (Wildman–Crippen LogP) is 1.69. The number of hydrogen-bond donors (Lipinski definition) is 5. The first-order valence-electron chi connectivity index (χ1n) is 9.85. The van der Waals surface area contributed by atoms with Gasteiger partial charge in [-0.15, -0.1) is 0 Å². The number of rotatable bonds is 9. The van der Waals surface area contributed by atoms with Gasteiger partial charge in [-0.05, 0) is 68.0 Å². The molecule has 2 aliphatic rings. The molecule has 0 spiro atoms. The largest absolute Gasteiger partial charge is 0.479 e. The summed E-state index contributed by atoms with van der Waals surface area (Å²) in [5, 5.41) is 37.5. The Balaban J connectivity index is 0.000000274. The van der Waals surface area contributed by atoms with Gasteiger partial charge in [0.05, 0.1) is 0 Å². The zero-order valence-corrected chi connectivity index (χ0v) is 18.0. The Morgan fingerprint density at radius 3 is 1.93 bits per heavy atom. The molecule has 0 aromatic heterocycles. The zero-order valence-electron chi connectivity index (χ0n) is 16.5. The molecule has 2 fully saturated rings. The van der Waals surface area contributed by atoms with Crippen LogP contribution in [-0.4, -0.2) is 75.7 Å². The third kappa shape index (κ3) is 8.75. The fourth-order valence-electron chi connectivity index (χ4n) is 3.34. The topological polar surface area (TPSA) is 130 Å². The number of aliphatic hydroxyl groups excluding tert-OH is 2. The summed E-state index contributed by atoms with van der Waals surface area (Å²) in [6.45, 7) is 5.71. The Morgan fingerprint density at radius 1 is 0.967 bits per heavy atom. The maximum absolute atomic E-state index is 9.77. The molecule has 8 nitrogen and oxygen atoms in total. The van der Waals surface area contributed by atoms with E-state index in [9.17, 15) is 9.59 Å². The summed E-state index contributed by atoms with van der Waals surface area (Å²) in [6, 6.07) is 5.89. The van der Waals surface area contributed by atoms with E-state index in [0.29, 0.717) is 0 Å². The minimum atomic E-state index is -2.27. The molecule has 30 heavy (non-hydrogen) atoms. The SMILES string of the molecule is Clc1cc(Cl)cc(CN(CC2CC2)C[C@H]2CCNC2)c1.O=C(O)[C@H](O)[C@@H](O)C(=O)O. The fourth-order valence-corrected chi connectivity index (χ4v) is 3.91. The zero-order chi connectivity index (χ0) is 22.3. The van der Waals surface area contributed by atoms with E-state index < -0.39 is 24.1 Å². The van der Waals surface area contributed by atoms with Gasteiger partial charge in [-0.25, -0.2) is 9.59 Å². The van der Waals surface area contributed by atoms with Crippen molar-refractivity contribution in [2.45, 2.75) is 38.0 Å². The molecule has 3 atom stereocenters. The first kappa shape index (κ1) is 24.8. The molecule has 0 amide bonds. The Labute approximate surface area is 185 Å². The van der Waals surface area contributed by atoms with Gasteiger partial charge in [-0.2, -0.15) is 0 Å². The lowest BCUT2D eigenvalue weighted by Gasteiger charge is -2.25. The minimum absolute atomic E-state index is 0.737. The highest BCUT2D eigenvalue weighted by molar-refractivity contribution is 6.34. The van der Waals surface area contributed by atoms with E-state index in [1.165, 1.54) is 44.5 Å². The summed E-state index contributed by atoms with van der Waals surface area (Å²) < 4.78 is 0. The van der Waals surface area contributed by atoms with Gasteiger partial charge < -0.3 is 25.7 Å². The van der Waals surface area contributed by atoms with Crippen LogP contribution < -0.4 is 5.32 Å². The molecule has 10 heteroatoms. The van der Waals surface area contributed by atoms with Crippen molar-refractivity contribution in [3.05, 3.63) is 33.8 Å². The normalized spacial score (nSPS) is 20.4. The molecule has 1 heterocycles. The second-order valence-corrected chi connectivity index (χ2v) is 8.71. The van der Waals surface area contributed by atoms with Crippen molar-refractivity contribution in [3.8, 4) is 0 Å². The van der Waals surface area contributed by atoms with Crippen molar-refractivity contribution in [1.82, 2.24) is 10.2 Å². The van der Waals surface area contributed by atoms with Gasteiger partial charge in [0.1, 0.15) is 0 Å². The van der Waals surface area contributed by atoms with Crippen molar-refractivity contribution < 1.29 is 30.0 Å². The van der Waals surface area contributed by atoms with Gasteiger partial charge in [0, 0.05) is 29.7 Å². The van der Waals surface area contributed by atoms with Crippen molar-refractivity contribution in [2.75, 3.05) is 26.2 Å². The maximum atomic E-state index is 9.77. The molecule has 5 N–H and O–H groups in total. The quantitative estimate of drug-likeness (QED) is 0.374. The number of carboxylic acid groups (broad SMARTS) is 2. The Bertz CT molecular complexity index is 687. The second kappa shape index (κ2) is 11.8. The van der Waals surface area contributed by atoms with E-state index in [2.05, 4.69) is 10.2 Å². The number of hydrogen-bond acceptors (Lipinski definition) is 6. The maximum Gasteiger partial charge on any atom is 0.335 e. The number of carbonyl (C=O) groups is 2. The third-order valence-corrected chi connectivity index (χ3v) is 5.46. The third-order valence-electron chi connectivity index (χ3n) is 5.03. The van der Waals surface area contributed by atoms with Crippen LogP contribution in [0.2, 0.25) is 10.0 Å². The van der Waals surface area contributed by atoms with Gasteiger partial charge in [0.2, 0.25) is 0 Å². The first-order chi connectivity index (χ1) is 14.2. The molecule has 1 aromatic carbocycles. The molecule has 1 aliphatic heterocycles. The van der Waals surface area contributed by atoms with Crippen molar-refractivity contribution in [2.24, 2.45) is 11.8 Å². The molecule has 3 rings (SSSR count). The summed E-state index contributed by atoms with van der Waals surface area (Å²) in [5.74, 6) is -1.83. The average Bonchev–Trinajstić information content (AvgIpc) is 3.32. The van der Waals surface area contributed by atoms with Crippen LogP contribution in [0.15, 0.2) is 18.2 Å². The Kier molecular flexibility index (Phi) is 9.80. The van der Waals surface area contributed by atoms with Crippen LogP contribution >= 0.6 is 23.2 Å². The molecule has 1 saturated heterocycles. The summed E-state index contributed by atoms with van der Waals surface area (Å²) in [4.78, 5) is 22.1. The predicted molar refractivity (Wildman–Crippen MR) is 113 cm³/mol. The summed E-state index contributed by atoms with van der Waals surface area (Å²) in [7, 11) is 0. The van der Waals surface area contributed by atoms with Crippen LogP contribution in [0, 0.1) is 11.8 Å². The molecule has 168 valence electrons. The lowest BCUT2D eigenvalue weighted by molar-refractivity contribution is -0.165. The van der Waals surface area contributed by atoms with Crippen molar-refractivity contribution >= 4 is 35.1 Å². The molecule has 0 bridgehead atoms. The van der Waals surface area contributed by atoms with Crippen molar-refractivity contribution in [3.63, 3.8) is 0 Å². The number of aliphatic hydroxyl groups is 2. The number of nitrogens with one attached hydrogen (secondary N) is 1. The summed E-state index contributed by atoms with van der Waals surface area (Å²) >= 11 is 12.2. The van der Waals surface area contributed by atoms with E-state index in [4.69, 9.17) is 43.6 Å². The lowest BCUT2D eigenvalue weighted by atomic mass is 10.1. The molecule has 1 aromatic rings. The number of carboxylic acids is 2. The van der Waals surface area contributed by atoms with Crippen LogP contribution in [0.5, 0.6) is 0 Å². The summed E-state index contributed by atoms with van der Waals surface area (Å²) in [6.07, 6.45) is -0.432. The van der Waals surface area contributed by atoms with Gasteiger partial charge in [-0.3, -0.25) is 4.90 Å². The standard InChI is InChI=1S/C16H22Cl2N2.C4H6O6/c17-15-5-14(6-16(18)7-15)11-20(9-12-1-2-12)10-13-3-4-19-8-13;5-1(3(7)8)2(6)4(9)10/h5-7,12-13,19H,1-4,8-11H2;1-2,5-6H,(H,7,8)(H,9,10)/t13-;1-,2-/m01/s1. The van der Waals surface area contributed by atoms with Crippen LogP contribution in [-0.2, 0) is 16.1 Å². The van der Waals surface area contributed by atoms with Gasteiger partial charge in [0.25, 0.3) is 0 Å². The highest BCUT2D eigenvalue weighted by Crippen LogP contribution is 2.31. The number of aliphatic carboxylic acids is 2. The number of nitrogens with zero attached hydrogens (tertiary/aromatic N) is 1. The highest BCUT2D eigenvalue weighted by atomic mass is 35.5. The van der Waals surface area contributed by atoms with Crippen LogP contribution in [0.3, 0.4) is 0 Å². The Hall–Kier alpha value is -1.42. The van der Waals surface area contributed by atoms with Gasteiger partial charge >= 0.3 is 11.9 Å². The molecular formula is C20H28Cl2N2O6. The van der Waals surface area contributed by atoms with Crippen LogP contribution in [0.4, 0.5) is 0 Å². The lowest BCUT2D eigenvalue weighted by Crippen LogP contribution is -2.39. The smallest absolute Gasteiger partial charge is 0.335 e. The molecular weight excluding hydrogens is 435 g/mol. The van der Waals surface area contributed by atoms with E-state index >= 15 is 0 Å². The monoisotopic (exact) mass is 462 g/mol. The van der Waals surface area contributed by atoms with E-state index in [-0.39, 0.29) is 0 Å². The second-order valence-electron chi connectivity index (χ2n) is 7.84. The Morgan fingerprint density at radius 2 is 1.50 bits per heavy atom.